The maximum Gasteiger partial charge on any atom is 0.296 e. The van der Waals surface area contributed by atoms with Gasteiger partial charge in [-0.1, -0.05) is 6.07 Å². The summed E-state index contributed by atoms with van der Waals surface area (Å²) in [5.41, 5.74) is 1.48. The van der Waals surface area contributed by atoms with Crippen LogP contribution < -0.4 is 0 Å². The van der Waals surface area contributed by atoms with Crippen molar-refractivity contribution in [2.75, 3.05) is 0 Å². The van der Waals surface area contributed by atoms with Gasteiger partial charge in [0.25, 0.3) is 14.2 Å². The Balaban J connectivity index is 2.68. The first kappa shape index (κ1) is 13.0. The van der Waals surface area contributed by atoms with E-state index in [1.165, 1.54) is 4.57 Å². The zero-order chi connectivity index (χ0) is 13.3. The van der Waals surface area contributed by atoms with Crippen LogP contribution in [0.4, 0.5) is 0 Å². The quantitative estimate of drug-likeness (QED) is 0.801. The van der Waals surface area contributed by atoms with E-state index in [0.717, 1.165) is 5.56 Å². The molecular weight excluding hydrogens is 276 g/mol. The van der Waals surface area contributed by atoms with Crippen molar-refractivity contribution in [3.63, 3.8) is 0 Å². The molecule has 0 aliphatic rings. The zero-order valence-corrected chi connectivity index (χ0v) is 11.4. The molecule has 0 unspecified atom stereocenters. The highest BCUT2D eigenvalue weighted by molar-refractivity contribution is 8.13. The van der Waals surface area contributed by atoms with E-state index in [2.05, 4.69) is 15.2 Å². The summed E-state index contributed by atoms with van der Waals surface area (Å²) in [7, 11) is 1.40. The predicted molar refractivity (Wildman–Crippen MR) is 66.7 cm³/mol. The van der Waals surface area contributed by atoms with Crippen molar-refractivity contribution in [1.82, 2.24) is 19.7 Å². The van der Waals surface area contributed by atoms with Gasteiger partial charge in [0.05, 0.1) is 0 Å². The van der Waals surface area contributed by atoms with E-state index in [1.807, 2.05) is 13.0 Å². The summed E-state index contributed by atoms with van der Waals surface area (Å²) < 4.78 is 24.2. The molecule has 0 radical (unpaired) electrons. The molecule has 0 fully saturated rings. The molecule has 0 atom stereocenters. The van der Waals surface area contributed by atoms with Crippen molar-refractivity contribution in [2.45, 2.75) is 25.5 Å². The van der Waals surface area contributed by atoms with E-state index in [-0.39, 0.29) is 5.16 Å². The molecule has 2 heterocycles. The summed E-state index contributed by atoms with van der Waals surface area (Å²) in [6.07, 6.45) is 1.62. The SMILES string of the molecule is CCn1c(-c2ncccc2C)nnc1S(=O)(=O)Cl. The Hall–Kier alpha value is -1.47. The number of aryl methyl sites for hydroxylation is 1. The normalized spacial score (nSPS) is 11.7. The summed E-state index contributed by atoms with van der Waals surface area (Å²) in [4.78, 5) is 4.19. The fraction of sp³-hybridized carbons (Fsp3) is 0.300. The first-order valence-electron chi connectivity index (χ1n) is 5.25. The number of rotatable bonds is 3. The molecule has 2 aromatic rings. The standard InChI is InChI=1S/C10H11ClN4O2S/c1-3-15-9(8-7(2)5-4-6-12-8)13-14-10(15)18(11,16)17/h4-6H,3H2,1-2H3. The summed E-state index contributed by atoms with van der Waals surface area (Å²) in [6, 6.07) is 3.66. The average Bonchev–Trinajstić information content (AvgIpc) is 2.72. The molecule has 0 bridgehead atoms. The van der Waals surface area contributed by atoms with Gasteiger partial charge in [-0.25, -0.2) is 8.42 Å². The van der Waals surface area contributed by atoms with Gasteiger partial charge in [0, 0.05) is 23.4 Å². The van der Waals surface area contributed by atoms with E-state index in [9.17, 15) is 8.42 Å². The first-order valence-corrected chi connectivity index (χ1v) is 7.56. The molecule has 2 rings (SSSR count). The van der Waals surface area contributed by atoms with Gasteiger partial charge in [-0.15, -0.1) is 10.2 Å². The minimum absolute atomic E-state index is 0.258. The van der Waals surface area contributed by atoms with Crippen LogP contribution in [0.15, 0.2) is 23.5 Å². The number of pyridine rings is 1. The fourth-order valence-corrected chi connectivity index (χ4v) is 2.61. The molecule has 0 saturated carbocycles. The van der Waals surface area contributed by atoms with E-state index in [1.54, 1.807) is 19.2 Å². The van der Waals surface area contributed by atoms with Crippen LogP contribution in [-0.2, 0) is 15.6 Å². The fourth-order valence-electron chi connectivity index (χ4n) is 1.65. The van der Waals surface area contributed by atoms with Gasteiger partial charge in [0.1, 0.15) is 5.69 Å². The smallest absolute Gasteiger partial charge is 0.296 e. The van der Waals surface area contributed by atoms with E-state index < -0.39 is 9.05 Å². The van der Waals surface area contributed by atoms with Gasteiger partial charge in [-0.3, -0.25) is 9.55 Å². The second-order valence-electron chi connectivity index (χ2n) is 3.66. The number of halogens is 1. The Kier molecular flexibility index (Phi) is 3.36. The van der Waals surface area contributed by atoms with Crippen molar-refractivity contribution in [3.8, 4) is 11.5 Å². The third-order valence-electron chi connectivity index (χ3n) is 2.47. The topological polar surface area (TPSA) is 77.7 Å². The molecule has 0 saturated heterocycles. The van der Waals surface area contributed by atoms with Crippen LogP contribution in [-0.4, -0.2) is 28.2 Å². The van der Waals surface area contributed by atoms with Crippen molar-refractivity contribution >= 4 is 19.7 Å². The lowest BCUT2D eigenvalue weighted by Gasteiger charge is -2.06. The number of aromatic nitrogens is 4. The van der Waals surface area contributed by atoms with Gasteiger partial charge in [0.2, 0.25) is 0 Å². The molecule has 6 nitrogen and oxygen atoms in total. The van der Waals surface area contributed by atoms with Crippen molar-refractivity contribution in [1.29, 1.82) is 0 Å². The highest BCUT2D eigenvalue weighted by atomic mass is 35.7. The van der Waals surface area contributed by atoms with Crippen LogP contribution in [0.25, 0.3) is 11.5 Å². The Morgan fingerprint density at radius 3 is 2.67 bits per heavy atom. The van der Waals surface area contributed by atoms with Crippen molar-refractivity contribution in [3.05, 3.63) is 23.9 Å². The van der Waals surface area contributed by atoms with Gasteiger partial charge < -0.3 is 0 Å². The Bertz CT molecular complexity index is 681. The summed E-state index contributed by atoms with van der Waals surface area (Å²) in [5.74, 6) is 0.398. The monoisotopic (exact) mass is 286 g/mol. The lowest BCUT2D eigenvalue weighted by atomic mass is 10.2. The molecule has 0 aromatic carbocycles. The molecule has 96 valence electrons. The van der Waals surface area contributed by atoms with Crippen molar-refractivity contribution in [2.24, 2.45) is 0 Å². The second kappa shape index (κ2) is 4.66. The molecule has 0 aliphatic carbocycles. The number of hydrogen-bond donors (Lipinski definition) is 0. The minimum atomic E-state index is -3.91. The predicted octanol–water partition coefficient (Wildman–Crippen LogP) is 1.60. The maximum absolute atomic E-state index is 11.4. The van der Waals surface area contributed by atoms with Gasteiger partial charge in [0.15, 0.2) is 5.82 Å². The summed E-state index contributed by atoms with van der Waals surface area (Å²) >= 11 is 0. The van der Waals surface area contributed by atoms with Crippen LogP contribution in [0, 0.1) is 6.92 Å². The molecule has 2 aromatic heterocycles. The van der Waals surface area contributed by atoms with Crippen LogP contribution in [0.5, 0.6) is 0 Å². The van der Waals surface area contributed by atoms with Gasteiger partial charge >= 0.3 is 0 Å². The summed E-state index contributed by atoms with van der Waals surface area (Å²) in [6.45, 7) is 4.04. The molecular formula is C10H11ClN4O2S. The second-order valence-corrected chi connectivity index (χ2v) is 6.12. The third-order valence-corrected chi connectivity index (χ3v) is 3.62. The summed E-state index contributed by atoms with van der Waals surface area (Å²) in [5, 5.41) is 7.24. The highest BCUT2D eigenvalue weighted by Gasteiger charge is 2.23. The molecule has 18 heavy (non-hydrogen) atoms. The first-order chi connectivity index (χ1) is 8.45. The van der Waals surface area contributed by atoms with Gasteiger partial charge in [-0.05, 0) is 25.5 Å². The largest absolute Gasteiger partial charge is 0.296 e. The zero-order valence-electron chi connectivity index (χ0n) is 9.83. The third kappa shape index (κ3) is 2.23. The Morgan fingerprint density at radius 1 is 1.39 bits per heavy atom. The highest BCUT2D eigenvalue weighted by Crippen LogP contribution is 2.22. The van der Waals surface area contributed by atoms with Crippen molar-refractivity contribution < 1.29 is 8.42 Å². The molecule has 8 heteroatoms. The molecule has 0 aliphatic heterocycles. The number of nitrogens with zero attached hydrogens (tertiary/aromatic N) is 4. The molecule has 0 N–H and O–H groups in total. The lowest BCUT2D eigenvalue weighted by molar-refractivity contribution is 0.582. The molecule has 0 spiro atoms. The lowest BCUT2D eigenvalue weighted by Crippen LogP contribution is -2.07. The molecule has 0 amide bonds. The Labute approximate surface area is 109 Å². The van der Waals surface area contributed by atoms with Gasteiger partial charge in [-0.2, -0.15) is 0 Å². The van der Waals surface area contributed by atoms with Crippen LogP contribution in [0.2, 0.25) is 0 Å². The Morgan fingerprint density at radius 2 is 2.11 bits per heavy atom. The van der Waals surface area contributed by atoms with E-state index in [0.29, 0.717) is 18.1 Å². The van der Waals surface area contributed by atoms with E-state index >= 15 is 0 Å². The minimum Gasteiger partial charge on any atom is -0.296 e. The van der Waals surface area contributed by atoms with Crippen LogP contribution >= 0.6 is 10.7 Å². The average molecular weight is 287 g/mol. The van der Waals surface area contributed by atoms with E-state index in [4.69, 9.17) is 10.7 Å². The number of hydrogen-bond acceptors (Lipinski definition) is 5. The van der Waals surface area contributed by atoms with Crippen LogP contribution in [0.1, 0.15) is 12.5 Å². The van der Waals surface area contributed by atoms with Crippen LogP contribution in [0.3, 0.4) is 0 Å². The maximum atomic E-state index is 11.4.